The number of likely N-dealkylation sites (N-methyl/N-ethyl adjacent to an activating group) is 1. The van der Waals surface area contributed by atoms with Gasteiger partial charge >= 0.3 is 0 Å². The molecule has 1 aromatic carbocycles. The molecule has 1 saturated carbocycles. The van der Waals surface area contributed by atoms with Crippen molar-refractivity contribution >= 4 is 5.91 Å². The van der Waals surface area contributed by atoms with Crippen LogP contribution in [0.4, 0.5) is 0 Å². The van der Waals surface area contributed by atoms with Crippen molar-refractivity contribution in [3.63, 3.8) is 0 Å². The van der Waals surface area contributed by atoms with E-state index in [2.05, 4.69) is 29.2 Å². The topological polar surface area (TPSA) is 43.8 Å². The molecule has 1 amide bonds. The van der Waals surface area contributed by atoms with Gasteiger partial charge in [0.05, 0.1) is 12.1 Å². The second-order valence-corrected chi connectivity index (χ2v) is 7.40. The van der Waals surface area contributed by atoms with Crippen molar-refractivity contribution < 1.29 is 9.90 Å². The van der Waals surface area contributed by atoms with E-state index in [1.165, 1.54) is 5.56 Å². The molecule has 0 spiro atoms. The summed E-state index contributed by atoms with van der Waals surface area (Å²) in [7, 11) is 1.89. The molecule has 1 saturated heterocycles. The van der Waals surface area contributed by atoms with Crippen molar-refractivity contribution in [2.75, 3.05) is 20.1 Å². The minimum Gasteiger partial charge on any atom is -0.391 e. The molecule has 2 fully saturated rings. The van der Waals surface area contributed by atoms with Crippen molar-refractivity contribution in [3.05, 3.63) is 35.9 Å². The molecule has 0 aromatic heterocycles. The van der Waals surface area contributed by atoms with Gasteiger partial charge in [-0.3, -0.25) is 9.69 Å². The van der Waals surface area contributed by atoms with Gasteiger partial charge in [-0.2, -0.15) is 0 Å². The Morgan fingerprint density at radius 3 is 2.46 bits per heavy atom. The van der Waals surface area contributed by atoms with Gasteiger partial charge in [-0.15, -0.1) is 0 Å². The lowest BCUT2D eigenvalue weighted by Gasteiger charge is -2.39. The number of rotatable bonds is 4. The number of aliphatic hydroxyl groups is 1. The van der Waals surface area contributed by atoms with Crippen molar-refractivity contribution in [2.24, 2.45) is 5.92 Å². The predicted molar refractivity (Wildman–Crippen MR) is 95.5 cm³/mol. The Bertz CT molecular complexity index is 526. The van der Waals surface area contributed by atoms with Crippen LogP contribution in [0.25, 0.3) is 0 Å². The largest absolute Gasteiger partial charge is 0.391 e. The number of carbonyl (C=O) groups is 1. The third-order valence-electron chi connectivity index (χ3n) is 5.72. The fraction of sp³-hybridized carbons (Fsp3) is 0.650. The lowest BCUT2D eigenvalue weighted by Crippen LogP contribution is -2.49. The molecule has 3 rings (SSSR count). The highest BCUT2D eigenvalue weighted by atomic mass is 16.3. The lowest BCUT2D eigenvalue weighted by molar-refractivity contribution is -0.141. The second kappa shape index (κ2) is 8.13. The van der Waals surface area contributed by atoms with Crippen molar-refractivity contribution in [3.8, 4) is 0 Å². The maximum Gasteiger partial charge on any atom is 0.225 e. The highest BCUT2D eigenvalue weighted by molar-refractivity contribution is 5.79. The van der Waals surface area contributed by atoms with E-state index in [-0.39, 0.29) is 24.0 Å². The number of nitrogens with zero attached hydrogens (tertiary/aromatic N) is 2. The first-order valence-corrected chi connectivity index (χ1v) is 9.36. The lowest BCUT2D eigenvalue weighted by atomic mass is 9.89. The van der Waals surface area contributed by atoms with Crippen molar-refractivity contribution in [2.45, 2.75) is 57.2 Å². The fourth-order valence-electron chi connectivity index (χ4n) is 4.17. The minimum atomic E-state index is -0.342. The van der Waals surface area contributed by atoms with Gasteiger partial charge in [0, 0.05) is 19.5 Å². The summed E-state index contributed by atoms with van der Waals surface area (Å²) >= 11 is 0. The Labute approximate surface area is 145 Å². The Morgan fingerprint density at radius 2 is 1.79 bits per heavy atom. The second-order valence-electron chi connectivity index (χ2n) is 7.40. The van der Waals surface area contributed by atoms with E-state index in [0.29, 0.717) is 0 Å². The molecule has 2 atom stereocenters. The van der Waals surface area contributed by atoms with E-state index in [9.17, 15) is 9.90 Å². The van der Waals surface area contributed by atoms with E-state index >= 15 is 0 Å². The van der Waals surface area contributed by atoms with E-state index in [1.807, 2.05) is 18.0 Å². The first-order valence-electron chi connectivity index (χ1n) is 9.36. The number of carbonyl (C=O) groups excluding carboxylic acids is 1. The van der Waals surface area contributed by atoms with Gasteiger partial charge in [0.25, 0.3) is 0 Å². The molecular formula is C20H30N2O2. The van der Waals surface area contributed by atoms with Crippen LogP contribution < -0.4 is 0 Å². The summed E-state index contributed by atoms with van der Waals surface area (Å²) in [4.78, 5) is 17.1. The van der Waals surface area contributed by atoms with Crippen LogP contribution in [0.5, 0.6) is 0 Å². The van der Waals surface area contributed by atoms with Gasteiger partial charge in [0.15, 0.2) is 0 Å². The Hall–Kier alpha value is -1.39. The maximum absolute atomic E-state index is 12.8. The molecule has 1 heterocycles. The van der Waals surface area contributed by atoms with Crippen LogP contribution in [0, 0.1) is 5.92 Å². The zero-order valence-corrected chi connectivity index (χ0v) is 14.7. The van der Waals surface area contributed by atoms with Gasteiger partial charge in [0.1, 0.15) is 0 Å². The predicted octanol–water partition coefficient (Wildman–Crippen LogP) is 2.66. The van der Waals surface area contributed by atoms with Crippen LogP contribution in [0.3, 0.4) is 0 Å². The molecule has 2 aliphatic rings. The quantitative estimate of drug-likeness (QED) is 0.923. The Kier molecular flexibility index (Phi) is 5.90. The zero-order chi connectivity index (χ0) is 16.9. The summed E-state index contributed by atoms with van der Waals surface area (Å²) in [5, 5.41) is 10.2. The average Bonchev–Trinajstić information content (AvgIpc) is 2.62. The summed E-state index contributed by atoms with van der Waals surface area (Å²) < 4.78 is 0. The monoisotopic (exact) mass is 330 g/mol. The smallest absolute Gasteiger partial charge is 0.225 e. The minimum absolute atomic E-state index is 0.0219. The van der Waals surface area contributed by atoms with Gasteiger partial charge in [0.2, 0.25) is 5.91 Å². The molecule has 4 nitrogen and oxygen atoms in total. The molecule has 24 heavy (non-hydrogen) atoms. The van der Waals surface area contributed by atoms with Gasteiger partial charge in [-0.1, -0.05) is 43.2 Å². The summed E-state index contributed by atoms with van der Waals surface area (Å²) in [6, 6.07) is 10.6. The molecule has 1 aliphatic heterocycles. The van der Waals surface area contributed by atoms with Gasteiger partial charge in [-0.05, 0) is 44.3 Å². The molecule has 1 aromatic rings. The number of hydrogen-bond donors (Lipinski definition) is 1. The van der Waals surface area contributed by atoms with E-state index < -0.39 is 0 Å². The molecular weight excluding hydrogens is 300 g/mol. The number of hydrogen-bond acceptors (Lipinski definition) is 3. The summed E-state index contributed by atoms with van der Waals surface area (Å²) in [6.45, 7) is 2.93. The van der Waals surface area contributed by atoms with Crippen LogP contribution in [-0.4, -0.2) is 53.1 Å². The van der Waals surface area contributed by atoms with Crippen LogP contribution in [0.1, 0.15) is 44.1 Å². The first-order chi connectivity index (χ1) is 11.6. The van der Waals surface area contributed by atoms with Crippen LogP contribution in [0.15, 0.2) is 30.3 Å². The molecule has 2 unspecified atom stereocenters. The molecule has 132 valence electrons. The Balaban J connectivity index is 1.49. The average molecular weight is 330 g/mol. The van der Waals surface area contributed by atoms with Crippen LogP contribution in [-0.2, 0) is 11.3 Å². The number of piperidine rings is 1. The molecule has 0 bridgehead atoms. The molecule has 4 heteroatoms. The zero-order valence-electron chi connectivity index (χ0n) is 14.7. The summed E-state index contributed by atoms with van der Waals surface area (Å²) in [5.74, 6) is 0.358. The fourth-order valence-corrected chi connectivity index (χ4v) is 4.17. The molecule has 1 N–H and O–H groups in total. The number of benzene rings is 1. The molecule has 1 aliphatic carbocycles. The van der Waals surface area contributed by atoms with Gasteiger partial charge < -0.3 is 10.0 Å². The number of aliphatic hydroxyl groups excluding tert-OH is 1. The van der Waals surface area contributed by atoms with Crippen LogP contribution >= 0.6 is 0 Å². The van der Waals surface area contributed by atoms with Gasteiger partial charge in [-0.25, -0.2) is 0 Å². The highest BCUT2D eigenvalue weighted by Crippen LogP contribution is 2.26. The third kappa shape index (κ3) is 4.17. The summed E-state index contributed by atoms with van der Waals surface area (Å²) in [6.07, 6.45) is 5.49. The van der Waals surface area contributed by atoms with Crippen molar-refractivity contribution in [1.29, 1.82) is 0 Å². The third-order valence-corrected chi connectivity index (χ3v) is 5.72. The highest BCUT2D eigenvalue weighted by Gasteiger charge is 2.34. The maximum atomic E-state index is 12.8. The van der Waals surface area contributed by atoms with E-state index in [4.69, 9.17) is 0 Å². The summed E-state index contributed by atoms with van der Waals surface area (Å²) in [5.41, 5.74) is 1.34. The van der Waals surface area contributed by atoms with E-state index in [0.717, 1.165) is 58.2 Å². The van der Waals surface area contributed by atoms with E-state index in [1.54, 1.807) is 0 Å². The van der Waals surface area contributed by atoms with Crippen LogP contribution in [0.2, 0.25) is 0 Å². The Morgan fingerprint density at radius 1 is 1.12 bits per heavy atom. The van der Waals surface area contributed by atoms with Crippen molar-refractivity contribution in [1.82, 2.24) is 9.80 Å². The normalized spacial score (nSPS) is 26.2. The molecule has 0 radical (unpaired) electrons. The first kappa shape index (κ1) is 17.4. The SMILES string of the molecule is CN(C(=O)C1CCN(Cc2ccccc2)CC1)C1CCCCC1O. The standard InChI is InChI=1S/C20H30N2O2/c1-21(18-9-5-6-10-19(18)23)20(24)17-11-13-22(14-12-17)15-16-7-3-2-4-8-16/h2-4,7-8,17-19,23H,5-6,9-15H2,1H3. The number of amides is 1. The number of likely N-dealkylation sites (tertiary alicyclic amines) is 1.